The highest BCUT2D eigenvalue weighted by Gasteiger charge is 2.22. The molecule has 2 aromatic carbocycles. The monoisotopic (exact) mass is 354 g/mol. The number of nitrogens with one attached hydrogen (secondary N) is 1. The van der Waals surface area contributed by atoms with Gasteiger partial charge in [-0.25, -0.2) is 9.59 Å². The predicted molar refractivity (Wildman–Crippen MR) is 97.7 cm³/mol. The summed E-state index contributed by atoms with van der Waals surface area (Å²) in [5, 5.41) is 11.5. The number of carbonyl (C=O) groups excluding carboxylic acids is 1. The van der Waals surface area contributed by atoms with E-state index in [1.54, 1.807) is 0 Å². The molecule has 4 N–H and O–H groups in total. The molecule has 1 atom stereocenters. The van der Waals surface area contributed by atoms with Crippen molar-refractivity contribution in [2.75, 3.05) is 6.54 Å². The summed E-state index contributed by atoms with van der Waals surface area (Å²) in [7, 11) is 0. The molecule has 0 aromatic heterocycles. The first-order valence-corrected chi connectivity index (χ1v) is 8.65. The smallest absolute Gasteiger partial charge is 0.408 e. The Morgan fingerprint density at radius 1 is 1.15 bits per heavy atom. The van der Waals surface area contributed by atoms with Gasteiger partial charge in [0.1, 0.15) is 12.6 Å². The van der Waals surface area contributed by atoms with Crippen LogP contribution in [0.4, 0.5) is 4.79 Å². The first kappa shape index (κ1) is 17.9. The van der Waals surface area contributed by atoms with E-state index in [0.29, 0.717) is 13.0 Å². The van der Waals surface area contributed by atoms with E-state index in [1.807, 2.05) is 24.3 Å². The van der Waals surface area contributed by atoms with Crippen molar-refractivity contribution in [3.8, 4) is 11.1 Å². The van der Waals surface area contributed by atoms with Crippen LogP contribution in [0.5, 0.6) is 0 Å². The molecular weight excluding hydrogens is 332 g/mol. The lowest BCUT2D eigenvalue weighted by Gasteiger charge is -2.15. The molecule has 3 rings (SSSR count). The summed E-state index contributed by atoms with van der Waals surface area (Å²) in [6.45, 7) is 0.476. The molecule has 136 valence electrons. The molecule has 26 heavy (non-hydrogen) atoms. The average molecular weight is 354 g/mol. The van der Waals surface area contributed by atoms with Crippen LogP contribution in [0.1, 0.15) is 29.5 Å². The number of benzene rings is 2. The lowest BCUT2D eigenvalue weighted by molar-refractivity contribution is -0.139. The number of carbonyl (C=O) groups is 2. The number of aliphatic carboxylic acids is 1. The van der Waals surface area contributed by atoms with Crippen LogP contribution in [-0.4, -0.2) is 29.8 Å². The molecule has 1 unspecified atom stereocenters. The number of hydrogen-bond donors (Lipinski definition) is 3. The zero-order chi connectivity index (χ0) is 18.5. The van der Waals surface area contributed by atoms with Crippen molar-refractivity contribution in [1.82, 2.24) is 5.32 Å². The number of carboxylic acids is 1. The molecule has 0 spiro atoms. The Kier molecular flexibility index (Phi) is 5.53. The summed E-state index contributed by atoms with van der Waals surface area (Å²) in [4.78, 5) is 23.2. The third-order valence-electron chi connectivity index (χ3n) is 4.59. The van der Waals surface area contributed by atoms with Crippen LogP contribution in [0.2, 0.25) is 0 Å². The van der Waals surface area contributed by atoms with E-state index in [2.05, 4.69) is 23.5 Å². The van der Waals surface area contributed by atoms with Gasteiger partial charge >= 0.3 is 12.1 Å². The topological polar surface area (TPSA) is 102 Å². The van der Waals surface area contributed by atoms with Gasteiger partial charge in [0.25, 0.3) is 0 Å². The number of carboxylic acid groups (broad SMARTS) is 1. The van der Waals surface area contributed by atoms with Gasteiger partial charge in [-0.05, 0) is 53.6 Å². The van der Waals surface area contributed by atoms with Crippen molar-refractivity contribution in [3.05, 3.63) is 59.2 Å². The molecule has 0 saturated heterocycles. The van der Waals surface area contributed by atoms with Gasteiger partial charge in [-0.3, -0.25) is 0 Å². The zero-order valence-electron chi connectivity index (χ0n) is 14.4. The summed E-state index contributed by atoms with van der Waals surface area (Å²) in [6, 6.07) is 13.2. The van der Waals surface area contributed by atoms with E-state index in [4.69, 9.17) is 15.6 Å². The van der Waals surface area contributed by atoms with Crippen molar-refractivity contribution in [2.24, 2.45) is 5.73 Å². The number of nitrogens with two attached hydrogens (primary N) is 1. The van der Waals surface area contributed by atoms with Crippen molar-refractivity contribution < 1.29 is 19.4 Å². The van der Waals surface area contributed by atoms with Gasteiger partial charge in [-0.1, -0.05) is 42.5 Å². The minimum Gasteiger partial charge on any atom is -0.480 e. The van der Waals surface area contributed by atoms with E-state index in [9.17, 15) is 9.59 Å². The third-order valence-corrected chi connectivity index (χ3v) is 4.59. The average Bonchev–Trinajstić information content (AvgIpc) is 3.02. The number of amides is 1. The minimum absolute atomic E-state index is 0.103. The van der Waals surface area contributed by atoms with Crippen molar-refractivity contribution in [1.29, 1.82) is 0 Å². The van der Waals surface area contributed by atoms with E-state index in [0.717, 1.165) is 23.1 Å². The first-order valence-electron chi connectivity index (χ1n) is 8.65. The fraction of sp³-hybridized carbons (Fsp3) is 0.300. The van der Waals surface area contributed by atoms with E-state index in [1.165, 1.54) is 11.1 Å². The normalized spacial score (nSPS) is 12.8. The fourth-order valence-corrected chi connectivity index (χ4v) is 3.27. The molecule has 6 nitrogen and oxygen atoms in total. The molecule has 0 saturated carbocycles. The second kappa shape index (κ2) is 8.01. The Morgan fingerprint density at radius 3 is 2.69 bits per heavy atom. The maximum Gasteiger partial charge on any atom is 0.408 e. The predicted octanol–water partition coefficient (Wildman–Crippen LogP) is 2.68. The number of fused-ring (bicyclic) bond motifs is 3. The van der Waals surface area contributed by atoms with Gasteiger partial charge in [-0.15, -0.1) is 0 Å². The van der Waals surface area contributed by atoms with E-state index in [-0.39, 0.29) is 13.0 Å². The van der Waals surface area contributed by atoms with Gasteiger partial charge in [0.05, 0.1) is 0 Å². The molecule has 0 aliphatic heterocycles. The molecule has 1 amide bonds. The summed E-state index contributed by atoms with van der Waals surface area (Å²) >= 11 is 0. The zero-order valence-corrected chi connectivity index (χ0v) is 14.4. The van der Waals surface area contributed by atoms with Crippen LogP contribution in [0, 0.1) is 0 Å². The summed E-state index contributed by atoms with van der Waals surface area (Å²) in [5.41, 5.74) is 11.1. The Labute approximate surface area is 152 Å². The van der Waals surface area contributed by atoms with Crippen LogP contribution in [0.25, 0.3) is 11.1 Å². The molecule has 0 fully saturated rings. The van der Waals surface area contributed by atoms with Crippen molar-refractivity contribution in [2.45, 2.75) is 31.9 Å². The van der Waals surface area contributed by atoms with Crippen LogP contribution >= 0.6 is 0 Å². The Bertz CT molecular complexity index is 819. The molecule has 2 aromatic rings. The number of ether oxygens (including phenoxy) is 1. The maximum absolute atomic E-state index is 12.0. The van der Waals surface area contributed by atoms with Crippen molar-refractivity contribution in [3.63, 3.8) is 0 Å². The number of alkyl carbamates (subject to hydrolysis) is 1. The highest BCUT2D eigenvalue weighted by atomic mass is 16.5. The number of hydrogen-bond acceptors (Lipinski definition) is 4. The highest BCUT2D eigenvalue weighted by Crippen LogP contribution is 2.38. The second-order valence-electron chi connectivity index (χ2n) is 6.32. The van der Waals surface area contributed by atoms with Gasteiger partial charge in [-0.2, -0.15) is 0 Å². The van der Waals surface area contributed by atoms with Gasteiger partial charge in [0.2, 0.25) is 0 Å². The third kappa shape index (κ3) is 3.86. The summed E-state index contributed by atoms with van der Waals surface area (Å²) in [5.74, 6) is -1.09. The summed E-state index contributed by atoms with van der Waals surface area (Å²) < 4.78 is 5.27. The minimum atomic E-state index is -1.09. The largest absolute Gasteiger partial charge is 0.480 e. The lowest BCUT2D eigenvalue weighted by atomic mass is 10.0. The van der Waals surface area contributed by atoms with Crippen LogP contribution < -0.4 is 11.1 Å². The van der Waals surface area contributed by atoms with E-state index < -0.39 is 18.1 Å². The van der Waals surface area contributed by atoms with Gasteiger partial charge < -0.3 is 20.9 Å². The Balaban J connectivity index is 1.64. The Morgan fingerprint density at radius 2 is 1.92 bits per heavy atom. The quantitative estimate of drug-likeness (QED) is 0.605. The molecule has 0 radical (unpaired) electrons. The molecular formula is C20H22N2O4. The molecule has 1 aliphatic rings. The van der Waals surface area contributed by atoms with Crippen molar-refractivity contribution >= 4 is 12.1 Å². The second-order valence-corrected chi connectivity index (χ2v) is 6.32. The lowest BCUT2D eigenvalue weighted by Crippen LogP contribution is -2.41. The highest BCUT2D eigenvalue weighted by molar-refractivity contribution is 5.80. The molecule has 1 aliphatic carbocycles. The standard InChI is InChI=1S/C20H22N2O4/c21-10-4-9-18(19(23)24)22-20(25)26-12-14-6-3-8-16-15-7-2-1-5-13(15)11-17(14)16/h1-3,5-8,18H,4,9-12,21H2,(H,22,25)(H,23,24). The van der Waals surface area contributed by atoms with Gasteiger partial charge in [0.15, 0.2) is 0 Å². The molecule has 6 heteroatoms. The molecule has 0 bridgehead atoms. The van der Waals surface area contributed by atoms with E-state index >= 15 is 0 Å². The van der Waals surface area contributed by atoms with Crippen LogP contribution in [0.3, 0.4) is 0 Å². The summed E-state index contributed by atoms with van der Waals surface area (Å²) in [6.07, 6.45) is 0.863. The first-order chi connectivity index (χ1) is 12.6. The SMILES string of the molecule is NCCCC(NC(=O)OCc1cccc2c1Cc1ccccc1-2)C(=O)O. The number of rotatable bonds is 7. The van der Waals surface area contributed by atoms with Crippen LogP contribution in [0.15, 0.2) is 42.5 Å². The Hall–Kier alpha value is -2.86. The molecule has 0 heterocycles. The maximum atomic E-state index is 12.0. The fourth-order valence-electron chi connectivity index (χ4n) is 3.27. The van der Waals surface area contributed by atoms with Gasteiger partial charge in [0, 0.05) is 0 Å². The van der Waals surface area contributed by atoms with Crippen LogP contribution in [-0.2, 0) is 22.6 Å².